The van der Waals surface area contributed by atoms with Gasteiger partial charge in [-0.2, -0.15) is 13.2 Å². The molecule has 1 rings (SSSR count). The van der Waals surface area contributed by atoms with E-state index in [-0.39, 0.29) is 23.6 Å². The first-order chi connectivity index (χ1) is 7.79. The van der Waals surface area contributed by atoms with E-state index in [4.69, 9.17) is 11.5 Å². The molecule has 1 aromatic rings. The van der Waals surface area contributed by atoms with Gasteiger partial charge in [-0.25, -0.2) is 4.98 Å². The van der Waals surface area contributed by atoms with E-state index in [1.807, 2.05) is 0 Å². The zero-order chi connectivity index (χ0) is 13.1. The number of nitrogens with two attached hydrogens (primary N) is 2. The van der Waals surface area contributed by atoms with Crippen LogP contribution in [0.5, 0.6) is 0 Å². The summed E-state index contributed by atoms with van der Waals surface area (Å²) in [4.78, 5) is 14.6. The van der Waals surface area contributed by atoms with E-state index >= 15 is 0 Å². The molecule has 0 aromatic carbocycles. The molecule has 8 heteroatoms. The summed E-state index contributed by atoms with van der Waals surface area (Å²) in [5, 5.41) is 2.43. The fourth-order valence-corrected chi connectivity index (χ4v) is 1.11. The minimum atomic E-state index is -4.24. The number of carbonyl (C=O) groups excluding carboxylic acids is 1. The predicted octanol–water partition coefficient (Wildman–Crippen LogP) is 1.13. The van der Waals surface area contributed by atoms with Gasteiger partial charge in [0.1, 0.15) is 5.82 Å². The van der Waals surface area contributed by atoms with Crippen molar-refractivity contribution in [3.05, 3.63) is 17.8 Å². The van der Waals surface area contributed by atoms with Gasteiger partial charge in [0, 0.05) is 6.54 Å². The Morgan fingerprint density at radius 1 is 1.47 bits per heavy atom. The number of rotatable bonds is 4. The highest BCUT2D eigenvalue weighted by molar-refractivity contribution is 5.98. The first-order valence-electron chi connectivity index (χ1n) is 4.65. The summed E-state index contributed by atoms with van der Waals surface area (Å²) in [6.45, 7) is -0.335. The molecule has 0 saturated carbocycles. The molecule has 17 heavy (non-hydrogen) atoms. The maximum Gasteiger partial charge on any atom is 0.390 e. The fraction of sp³-hybridized carbons (Fsp3) is 0.333. The third-order valence-electron chi connectivity index (χ3n) is 1.91. The van der Waals surface area contributed by atoms with Crippen LogP contribution in [0.1, 0.15) is 16.8 Å². The van der Waals surface area contributed by atoms with Gasteiger partial charge in [0.2, 0.25) is 0 Å². The molecule has 0 aliphatic carbocycles. The second kappa shape index (κ2) is 4.89. The van der Waals surface area contributed by atoms with Crippen molar-refractivity contribution < 1.29 is 18.0 Å². The molecule has 0 aliphatic heterocycles. The molecule has 0 atom stereocenters. The van der Waals surface area contributed by atoms with Crippen LogP contribution in [0.2, 0.25) is 0 Å². The Morgan fingerprint density at radius 2 is 2.12 bits per heavy atom. The molecule has 5 nitrogen and oxygen atoms in total. The lowest BCUT2D eigenvalue weighted by Crippen LogP contribution is -2.17. The van der Waals surface area contributed by atoms with Gasteiger partial charge in [0.15, 0.2) is 0 Å². The fourth-order valence-electron chi connectivity index (χ4n) is 1.11. The Morgan fingerprint density at radius 3 is 2.65 bits per heavy atom. The molecule has 94 valence electrons. The van der Waals surface area contributed by atoms with Gasteiger partial charge in [-0.05, 0) is 6.07 Å². The Balaban J connectivity index is 2.67. The van der Waals surface area contributed by atoms with E-state index in [0.717, 1.165) is 6.20 Å². The second-order valence-corrected chi connectivity index (χ2v) is 3.31. The molecule has 1 aromatic heterocycles. The Hall–Kier alpha value is -1.99. The van der Waals surface area contributed by atoms with Crippen molar-refractivity contribution in [2.75, 3.05) is 17.6 Å². The highest BCUT2D eigenvalue weighted by Crippen LogP contribution is 2.20. The second-order valence-electron chi connectivity index (χ2n) is 3.31. The van der Waals surface area contributed by atoms with Crippen LogP contribution in [-0.4, -0.2) is 23.6 Å². The number of nitrogens with zero attached hydrogens (tertiary/aromatic N) is 1. The summed E-state index contributed by atoms with van der Waals surface area (Å²) in [7, 11) is 0. The summed E-state index contributed by atoms with van der Waals surface area (Å²) in [5.41, 5.74) is 10.5. The lowest BCUT2D eigenvalue weighted by atomic mass is 10.2. The van der Waals surface area contributed by atoms with Crippen molar-refractivity contribution in [1.82, 2.24) is 4.98 Å². The quantitative estimate of drug-likeness (QED) is 0.744. The van der Waals surface area contributed by atoms with Crippen LogP contribution in [0.3, 0.4) is 0 Å². The molecule has 0 radical (unpaired) electrons. The number of carbonyl (C=O) groups is 1. The van der Waals surface area contributed by atoms with Crippen LogP contribution in [0.25, 0.3) is 0 Å². The highest BCUT2D eigenvalue weighted by atomic mass is 19.4. The molecule has 0 spiro atoms. The van der Waals surface area contributed by atoms with Gasteiger partial charge in [0.25, 0.3) is 5.91 Å². The predicted molar refractivity (Wildman–Crippen MR) is 56.3 cm³/mol. The Labute approximate surface area is 95.0 Å². The maximum atomic E-state index is 11.9. The average Bonchev–Trinajstić information content (AvgIpc) is 2.18. The normalized spacial score (nSPS) is 11.2. The number of primary amides is 1. The monoisotopic (exact) mass is 248 g/mol. The Bertz CT molecular complexity index is 419. The maximum absolute atomic E-state index is 11.9. The van der Waals surface area contributed by atoms with Crippen molar-refractivity contribution in [3.63, 3.8) is 0 Å². The zero-order valence-corrected chi connectivity index (χ0v) is 8.71. The molecule has 0 fully saturated rings. The number of pyridine rings is 1. The largest absolute Gasteiger partial charge is 0.397 e. The topological polar surface area (TPSA) is 94.0 Å². The molecule has 1 heterocycles. The van der Waals surface area contributed by atoms with E-state index in [0.29, 0.717) is 0 Å². The van der Waals surface area contributed by atoms with Crippen LogP contribution >= 0.6 is 0 Å². The van der Waals surface area contributed by atoms with Crippen molar-refractivity contribution >= 4 is 17.4 Å². The van der Waals surface area contributed by atoms with Gasteiger partial charge in [-0.3, -0.25) is 4.79 Å². The number of alkyl halides is 3. The van der Waals surface area contributed by atoms with Gasteiger partial charge >= 0.3 is 6.18 Å². The lowest BCUT2D eigenvalue weighted by Gasteiger charge is -2.09. The van der Waals surface area contributed by atoms with Crippen molar-refractivity contribution in [2.24, 2.45) is 5.73 Å². The molecule has 0 unspecified atom stereocenters. The number of halogens is 3. The van der Waals surface area contributed by atoms with Crippen LogP contribution in [-0.2, 0) is 0 Å². The van der Waals surface area contributed by atoms with Crippen LogP contribution in [0.15, 0.2) is 12.3 Å². The van der Waals surface area contributed by atoms with E-state index in [9.17, 15) is 18.0 Å². The number of nitrogen functional groups attached to an aromatic ring is 1. The molecule has 0 bridgehead atoms. The van der Waals surface area contributed by atoms with Gasteiger partial charge < -0.3 is 16.8 Å². The van der Waals surface area contributed by atoms with Crippen LogP contribution in [0, 0.1) is 0 Å². The minimum Gasteiger partial charge on any atom is -0.397 e. The number of hydrogen-bond acceptors (Lipinski definition) is 4. The highest BCUT2D eigenvalue weighted by Gasteiger charge is 2.26. The number of anilines is 2. The standard InChI is InChI=1S/C9H11F3N4O/c10-9(11,12)1-2-15-7-3-5(8(14)17)6(13)4-16-7/h3-4H,1-2,13H2,(H2,14,17)(H,15,16). The van der Waals surface area contributed by atoms with Crippen molar-refractivity contribution in [2.45, 2.75) is 12.6 Å². The van der Waals surface area contributed by atoms with Crippen molar-refractivity contribution in [1.29, 1.82) is 0 Å². The summed E-state index contributed by atoms with van der Waals surface area (Å²) in [6, 6.07) is 1.22. The van der Waals surface area contributed by atoms with E-state index < -0.39 is 18.5 Å². The molecule has 1 amide bonds. The summed E-state index contributed by atoms with van der Waals surface area (Å²) >= 11 is 0. The van der Waals surface area contributed by atoms with E-state index in [2.05, 4.69) is 10.3 Å². The average molecular weight is 248 g/mol. The summed E-state index contributed by atoms with van der Waals surface area (Å²) < 4.78 is 35.6. The molecule has 0 aliphatic rings. The summed E-state index contributed by atoms with van der Waals surface area (Å²) in [6.07, 6.45) is -4.08. The van der Waals surface area contributed by atoms with Gasteiger partial charge in [0.05, 0.1) is 23.9 Å². The minimum absolute atomic E-state index is 0.0227. The lowest BCUT2D eigenvalue weighted by molar-refractivity contribution is -0.131. The Kier molecular flexibility index (Phi) is 3.77. The van der Waals surface area contributed by atoms with Gasteiger partial charge in [-0.1, -0.05) is 0 Å². The van der Waals surface area contributed by atoms with E-state index in [1.165, 1.54) is 6.07 Å². The molecular formula is C9H11F3N4O. The van der Waals surface area contributed by atoms with Crippen LogP contribution < -0.4 is 16.8 Å². The molecule has 0 saturated heterocycles. The SMILES string of the molecule is NC(=O)c1cc(NCCC(F)(F)F)ncc1N. The number of amides is 1. The molecule has 5 N–H and O–H groups in total. The van der Waals surface area contributed by atoms with Crippen LogP contribution in [0.4, 0.5) is 24.7 Å². The molecular weight excluding hydrogens is 237 g/mol. The number of aromatic nitrogens is 1. The number of nitrogens with one attached hydrogen (secondary N) is 1. The third-order valence-corrected chi connectivity index (χ3v) is 1.91. The number of hydrogen-bond donors (Lipinski definition) is 3. The van der Waals surface area contributed by atoms with E-state index in [1.54, 1.807) is 0 Å². The smallest absolute Gasteiger partial charge is 0.390 e. The van der Waals surface area contributed by atoms with Gasteiger partial charge in [-0.15, -0.1) is 0 Å². The van der Waals surface area contributed by atoms with Crippen molar-refractivity contribution in [3.8, 4) is 0 Å². The first kappa shape index (κ1) is 13.1. The summed E-state index contributed by atoms with van der Waals surface area (Å²) in [5.74, 6) is -0.638. The third kappa shape index (κ3) is 4.17. The zero-order valence-electron chi connectivity index (χ0n) is 8.71. The first-order valence-corrected chi connectivity index (χ1v) is 4.65.